The number of hydrogen-bond acceptors (Lipinski definition) is 2. The Morgan fingerprint density at radius 3 is 2.69 bits per heavy atom. The highest BCUT2D eigenvalue weighted by molar-refractivity contribution is 5.82. The zero-order chi connectivity index (χ0) is 12.0. The normalized spacial score (nSPS) is 34.2. The van der Waals surface area contributed by atoms with Gasteiger partial charge in [0.05, 0.1) is 0 Å². The van der Waals surface area contributed by atoms with E-state index in [9.17, 15) is 18.0 Å². The highest BCUT2D eigenvalue weighted by Crippen LogP contribution is 2.48. The molecule has 2 rings (SSSR count). The molecule has 0 bridgehead atoms. The van der Waals surface area contributed by atoms with Crippen molar-refractivity contribution >= 4 is 5.91 Å². The zero-order valence-electron chi connectivity index (χ0n) is 8.89. The second kappa shape index (κ2) is 3.61. The lowest BCUT2D eigenvalue weighted by atomic mass is 9.81. The van der Waals surface area contributed by atoms with E-state index in [-0.39, 0.29) is 24.4 Å². The van der Waals surface area contributed by atoms with Crippen LogP contribution in [0.15, 0.2) is 0 Å². The van der Waals surface area contributed by atoms with Gasteiger partial charge in [-0.1, -0.05) is 6.42 Å². The molecule has 1 saturated heterocycles. The van der Waals surface area contributed by atoms with Crippen molar-refractivity contribution in [2.24, 2.45) is 17.1 Å². The van der Waals surface area contributed by atoms with Crippen LogP contribution in [0.4, 0.5) is 13.2 Å². The van der Waals surface area contributed by atoms with E-state index in [0.717, 1.165) is 24.2 Å². The van der Waals surface area contributed by atoms with Crippen molar-refractivity contribution in [1.82, 2.24) is 4.90 Å². The Labute approximate surface area is 91.8 Å². The maximum atomic E-state index is 12.3. The van der Waals surface area contributed by atoms with Gasteiger partial charge in [-0.3, -0.25) is 4.79 Å². The SMILES string of the molecule is NC[C@]12CCC[C@H]1CN(C(=O)C(F)(F)F)C2. The maximum absolute atomic E-state index is 12.3. The van der Waals surface area contributed by atoms with Crippen molar-refractivity contribution in [3.05, 3.63) is 0 Å². The van der Waals surface area contributed by atoms with Crippen molar-refractivity contribution in [2.45, 2.75) is 25.4 Å². The average Bonchev–Trinajstić information content (AvgIpc) is 2.70. The van der Waals surface area contributed by atoms with Gasteiger partial charge in [0, 0.05) is 18.5 Å². The first-order valence-corrected chi connectivity index (χ1v) is 5.45. The summed E-state index contributed by atoms with van der Waals surface area (Å²) in [7, 11) is 0. The van der Waals surface area contributed by atoms with Gasteiger partial charge in [0.15, 0.2) is 0 Å². The molecule has 2 N–H and O–H groups in total. The van der Waals surface area contributed by atoms with Crippen LogP contribution in [0.25, 0.3) is 0 Å². The highest BCUT2D eigenvalue weighted by atomic mass is 19.4. The number of halogens is 3. The first-order chi connectivity index (χ1) is 7.39. The molecule has 1 saturated carbocycles. The van der Waals surface area contributed by atoms with E-state index in [4.69, 9.17) is 5.73 Å². The predicted octanol–water partition coefficient (Wildman–Crippen LogP) is 1.14. The molecule has 2 fully saturated rings. The molecule has 0 aromatic heterocycles. The molecule has 1 aliphatic carbocycles. The van der Waals surface area contributed by atoms with E-state index in [0.29, 0.717) is 6.54 Å². The molecular formula is C10H15F3N2O. The Kier molecular flexibility index (Phi) is 2.64. The standard InChI is InChI=1S/C10H15F3N2O/c11-10(12,13)8(16)15-4-7-2-1-3-9(7,5-14)6-15/h7H,1-6,14H2/t7-,9-/m0/s1. The Balaban J connectivity index is 2.11. The fourth-order valence-electron chi connectivity index (χ4n) is 3.08. The summed E-state index contributed by atoms with van der Waals surface area (Å²) in [6.45, 7) is 0.765. The molecule has 1 amide bonds. The summed E-state index contributed by atoms with van der Waals surface area (Å²) in [6.07, 6.45) is -2.01. The molecule has 16 heavy (non-hydrogen) atoms. The monoisotopic (exact) mass is 236 g/mol. The van der Waals surface area contributed by atoms with Crippen LogP contribution in [0.1, 0.15) is 19.3 Å². The molecule has 6 heteroatoms. The summed E-state index contributed by atoms with van der Waals surface area (Å²) in [5, 5.41) is 0. The molecule has 2 atom stereocenters. The Morgan fingerprint density at radius 1 is 1.50 bits per heavy atom. The fourth-order valence-corrected chi connectivity index (χ4v) is 3.08. The number of amides is 1. The van der Waals surface area contributed by atoms with Crippen LogP contribution in [0.2, 0.25) is 0 Å². The van der Waals surface area contributed by atoms with E-state index in [1.807, 2.05) is 0 Å². The van der Waals surface area contributed by atoms with Gasteiger partial charge in [0.1, 0.15) is 0 Å². The van der Waals surface area contributed by atoms with Crippen LogP contribution in [-0.2, 0) is 4.79 Å². The second-order valence-corrected chi connectivity index (χ2v) is 4.84. The largest absolute Gasteiger partial charge is 0.471 e. The maximum Gasteiger partial charge on any atom is 0.471 e. The average molecular weight is 236 g/mol. The quantitative estimate of drug-likeness (QED) is 0.742. The summed E-state index contributed by atoms with van der Waals surface area (Å²) in [5.74, 6) is -1.56. The molecule has 1 aliphatic heterocycles. The third-order valence-electron chi connectivity index (χ3n) is 3.98. The number of carbonyl (C=O) groups is 1. The fraction of sp³-hybridized carbons (Fsp3) is 0.900. The van der Waals surface area contributed by atoms with Gasteiger partial charge in [-0.05, 0) is 25.3 Å². The Bertz CT molecular complexity index is 305. The molecule has 0 aromatic rings. The number of fused-ring (bicyclic) bond motifs is 1. The van der Waals surface area contributed by atoms with Crippen LogP contribution >= 0.6 is 0 Å². The first kappa shape index (κ1) is 11.7. The van der Waals surface area contributed by atoms with Gasteiger partial charge in [0.2, 0.25) is 0 Å². The van der Waals surface area contributed by atoms with E-state index < -0.39 is 12.1 Å². The van der Waals surface area contributed by atoms with Crippen LogP contribution in [-0.4, -0.2) is 36.6 Å². The second-order valence-electron chi connectivity index (χ2n) is 4.84. The van der Waals surface area contributed by atoms with Crippen molar-refractivity contribution in [3.8, 4) is 0 Å². The van der Waals surface area contributed by atoms with E-state index >= 15 is 0 Å². The molecule has 3 nitrogen and oxygen atoms in total. The number of carbonyl (C=O) groups excluding carboxylic acids is 1. The third-order valence-corrected chi connectivity index (χ3v) is 3.98. The summed E-state index contributed by atoms with van der Waals surface area (Å²) in [4.78, 5) is 12.0. The van der Waals surface area contributed by atoms with Crippen molar-refractivity contribution in [1.29, 1.82) is 0 Å². The van der Waals surface area contributed by atoms with Crippen LogP contribution in [0.5, 0.6) is 0 Å². The van der Waals surface area contributed by atoms with Crippen molar-refractivity contribution in [3.63, 3.8) is 0 Å². The minimum atomic E-state index is -4.76. The summed E-state index contributed by atoms with van der Waals surface area (Å²) in [5.41, 5.74) is 5.41. The van der Waals surface area contributed by atoms with Crippen LogP contribution < -0.4 is 5.73 Å². The van der Waals surface area contributed by atoms with Crippen LogP contribution in [0, 0.1) is 11.3 Å². The van der Waals surface area contributed by atoms with E-state index in [1.54, 1.807) is 0 Å². The highest BCUT2D eigenvalue weighted by Gasteiger charge is 2.53. The lowest BCUT2D eigenvalue weighted by Crippen LogP contribution is -2.42. The first-order valence-electron chi connectivity index (χ1n) is 5.45. The number of rotatable bonds is 1. The third kappa shape index (κ3) is 1.69. The van der Waals surface area contributed by atoms with Crippen LogP contribution in [0.3, 0.4) is 0 Å². The number of hydrogen-bond donors (Lipinski definition) is 1. The minimum absolute atomic E-state index is 0.156. The summed E-state index contributed by atoms with van der Waals surface area (Å²) >= 11 is 0. The molecule has 0 spiro atoms. The number of nitrogens with two attached hydrogens (primary N) is 1. The molecule has 1 heterocycles. The lowest BCUT2D eigenvalue weighted by Gasteiger charge is -2.26. The molecule has 2 aliphatic rings. The number of likely N-dealkylation sites (tertiary alicyclic amines) is 1. The van der Waals surface area contributed by atoms with Gasteiger partial charge < -0.3 is 10.6 Å². The van der Waals surface area contributed by atoms with Gasteiger partial charge in [-0.25, -0.2) is 0 Å². The number of nitrogens with zero attached hydrogens (tertiary/aromatic N) is 1. The Hall–Kier alpha value is -0.780. The van der Waals surface area contributed by atoms with Gasteiger partial charge in [0.25, 0.3) is 0 Å². The van der Waals surface area contributed by atoms with Gasteiger partial charge in [-0.15, -0.1) is 0 Å². The summed E-state index contributed by atoms with van der Waals surface area (Å²) < 4.78 is 36.9. The molecule has 0 aromatic carbocycles. The van der Waals surface area contributed by atoms with E-state index in [1.165, 1.54) is 0 Å². The summed E-state index contributed by atoms with van der Waals surface area (Å²) in [6, 6.07) is 0. The topological polar surface area (TPSA) is 46.3 Å². The van der Waals surface area contributed by atoms with Gasteiger partial charge >= 0.3 is 12.1 Å². The smallest absolute Gasteiger partial charge is 0.334 e. The van der Waals surface area contributed by atoms with E-state index in [2.05, 4.69) is 0 Å². The van der Waals surface area contributed by atoms with Gasteiger partial charge in [-0.2, -0.15) is 13.2 Å². The van der Waals surface area contributed by atoms with Crippen molar-refractivity contribution in [2.75, 3.05) is 19.6 Å². The molecule has 92 valence electrons. The molecule has 0 radical (unpaired) electrons. The zero-order valence-corrected chi connectivity index (χ0v) is 8.89. The predicted molar refractivity (Wildman–Crippen MR) is 51.5 cm³/mol. The lowest BCUT2D eigenvalue weighted by molar-refractivity contribution is -0.184. The minimum Gasteiger partial charge on any atom is -0.334 e. The number of alkyl halides is 3. The van der Waals surface area contributed by atoms with Crippen molar-refractivity contribution < 1.29 is 18.0 Å². The molecular weight excluding hydrogens is 221 g/mol. The Morgan fingerprint density at radius 2 is 2.19 bits per heavy atom. The molecule has 0 unspecified atom stereocenters.